The van der Waals surface area contributed by atoms with Crippen molar-refractivity contribution in [2.75, 3.05) is 50.7 Å². The number of carboxylic acids is 1. The Kier molecular flexibility index (Phi) is 7.16. The van der Waals surface area contributed by atoms with Gasteiger partial charge in [0.2, 0.25) is 5.91 Å². The predicted octanol–water partition coefficient (Wildman–Crippen LogP) is 3.57. The first-order valence-corrected chi connectivity index (χ1v) is 11.9. The van der Waals surface area contributed by atoms with Gasteiger partial charge in [-0.2, -0.15) is 13.2 Å². The van der Waals surface area contributed by atoms with E-state index < -0.39 is 17.7 Å². The van der Waals surface area contributed by atoms with Crippen molar-refractivity contribution in [1.29, 1.82) is 0 Å². The molecule has 1 amide bonds. The summed E-state index contributed by atoms with van der Waals surface area (Å²) in [4.78, 5) is 30.1. The van der Waals surface area contributed by atoms with Crippen molar-refractivity contribution in [3.05, 3.63) is 29.8 Å². The van der Waals surface area contributed by atoms with Gasteiger partial charge in [-0.15, -0.1) is 0 Å². The smallest absolute Gasteiger partial charge is 0.416 e. The van der Waals surface area contributed by atoms with Gasteiger partial charge in [-0.05, 0) is 62.3 Å². The van der Waals surface area contributed by atoms with Gasteiger partial charge in [0.05, 0.1) is 5.56 Å². The van der Waals surface area contributed by atoms with Crippen LogP contribution in [0, 0.1) is 17.8 Å². The molecule has 0 radical (unpaired) electrons. The van der Waals surface area contributed by atoms with Crippen LogP contribution in [0.1, 0.15) is 37.7 Å². The van der Waals surface area contributed by atoms with Crippen LogP contribution in [0.3, 0.4) is 0 Å². The van der Waals surface area contributed by atoms with Crippen molar-refractivity contribution in [3.63, 3.8) is 0 Å². The van der Waals surface area contributed by atoms with Crippen molar-refractivity contribution in [3.8, 4) is 0 Å². The molecule has 1 aliphatic carbocycles. The number of piperazine rings is 1. The average Bonchev–Trinajstić information content (AvgIpc) is 3.63. The maximum Gasteiger partial charge on any atom is 0.416 e. The van der Waals surface area contributed by atoms with E-state index in [1.165, 1.54) is 12.1 Å². The quantitative estimate of drug-likeness (QED) is 0.664. The third kappa shape index (κ3) is 6.19. The molecule has 2 heterocycles. The van der Waals surface area contributed by atoms with Gasteiger partial charge in [0, 0.05) is 57.3 Å². The van der Waals surface area contributed by atoms with Crippen LogP contribution >= 0.6 is 0 Å². The average molecular weight is 468 g/mol. The zero-order chi connectivity index (χ0) is 23.6. The largest absolute Gasteiger partial charge is 0.481 e. The molecule has 2 saturated heterocycles. The molecule has 3 fully saturated rings. The number of carbonyl (C=O) groups excluding carboxylic acids is 1. The third-order valence-electron chi connectivity index (χ3n) is 7.29. The van der Waals surface area contributed by atoms with E-state index >= 15 is 0 Å². The lowest BCUT2D eigenvalue weighted by molar-refractivity contribution is -0.140. The van der Waals surface area contributed by atoms with Crippen LogP contribution in [0.5, 0.6) is 0 Å². The van der Waals surface area contributed by atoms with Crippen LogP contribution in [0.2, 0.25) is 0 Å². The minimum absolute atomic E-state index is 0.0807. The number of aliphatic carboxylic acids is 1. The number of hydrogen-bond acceptors (Lipinski definition) is 4. The van der Waals surface area contributed by atoms with Gasteiger partial charge in [-0.3, -0.25) is 14.5 Å². The lowest BCUT2D eigenvalue weighted by atomic mass is 9.81. The van der Waals surface area contributed by atoms with Gasteiger partial charge in [-0.1, -0.05) is 6.07 Å². The van der Waals surface area contributed by atoms with Crippen LogP contribution in [-0.2, 0) is 15.8 Å². The van der Waals surface area contributed by atoms with Crippen LogP contribution in [0.4, 0.5) is 18.9 Å². The van der Waals surface area contributed by atoms with E-state index in [9.17, 15) is 27.9 Å². The summed E-state index contributed by atoms with van der Waals surface area (Å²) < 4.78 is 39.1. The SMILES string of the molecule is O=C(O)C[C@@H]1CCN(C(=O)C2CC2)C[C@H]1CCN1CCN(c2cccc(C(F)(F)F)c2)CC1. The highest BCUT2D eigenvalue weighted by Crippen LogP contribution is 2.36. The summed E-state index contributed by atoms with van der Waals surface area (Å²) in [6, 6.07) is 5.47. The number of hydrogen-bond donors (Lipinski definition) is 1. The third-order valence-corrected chi connectivity index (χ3v) is 7.29. The Morgan fingerprint density at radius 1 is 1.00 bits per heavy atom. The molecule has 0 unspecified atom stereocenters. The van der Waals surface area contributed by atoms with Gasteiger partial charge in [0.1, 0.15) is 0 Å². The number of likely N-dealkylation sites (tertiary alicyclic amines) is 1. The normalized spacial score (nSPS) is 24.7. The molecule has 0 aromatic heterocycles. The maximum atomic E-state index is 13.0. The molecule has 1 N–H and O–H groups in total. The molecule has 1 aromatic carbocycles. The Morgan fingerprint density at radius 3 is 2.36 bits per heavy atom. The summed E-state index contributed by atoms with van der Waals surface area (Å²) in [5, 5.41) is 9.31. The summed E-state index contributed by atoms with van der Waals surface area (Å²) in [6.07, 6.45) is -0.712. The molecule has 0 spiro atoms. The summed E-state index contributed by atoms with van der Waals surface area (Å²) in [5.41, 5.74) is -0.0398. The zero-order valence-corrected chi connectivity index (χ0v) is 18.8. The number of benzene rings is 1. The molecule has 9 heteroatoms. The van der Waals surface area contributed by atoms with Crippen molar-refractivity contribution < 1.29 is 27.9 Å². The molecular formula is C24H32F3N3O3. The second kappa shape index (κ2) is 9.91. The molecule has 1 aromatic rings. The fourth-order valence-electron chi connectivity index (χ4n) is 5.15. The lowest BCUT2D eigenvalue weighted by Gasteiger charge is -2.40. The number of carboxylic acid groups (broad SMARTS) is 1. The van der Waals surface area contributed by atoms with E-state index in [1.54, 1.807) is 6.07 Å². The Hall–Kier alpha value is -2.29. The van der Waals surface area contributed by atoms with E-state index in [0.717, 1.165) is 51.4 Å². The van der Waals surface area contributed by atoms with Crippen LogP contribution in [0.25, 0.3) is 0 Å². The van der Waals surface area contributed by atoms with Gasteiger partial charge >= 0.3 is 12.1 Å². The molecule has 182 valence electrons. The fourth-order valence-corrected chi connectivity index (χ4v) is 5.15. The zero-order valence-electron chi connectivity index (χ0n) is 18.8. The minimum atomic E-state index is -4.35. The first-order valence-electron chi connectivity index (χ1n) is 11.9. The highest BCUT2D eigenvalue weighted by molar-refractivity contribution is 5.81. The fraction of sp³-hybridized carbons (Fsp3) is 0.667. The van der Waals surface area contributed by atoms with Crippen molar-refractivity contribution in [1.82, 2.24) is 9.80 Å². The number of anilines is 1. The number of halogens is 3. The van der Waals surface area contributed by atoms with Crippen molar-refractivity contribution >= 4 is 17.6 Å². The predicted molar refractivity (Wildman–Crippen MR) is 118 cm³/mol. The number of piperidine rings is 1. The summed E-state index contributed by atoms with van der Waals surface area (Å²) in [7, 11) is 0. The Balaban J connectivity index is 1.30. The summed E-state index contributed by atoms with van der Waals surface area (Å²) in [5.74, 6) is -0.146. The number of carbonyl (C=O) groups is 2. The van der Waals surface area contributed by atoms with Crippen LogP contribution < -0.4 is 4.90 Å². The van der Waals surface area contributed by atoms with Gasteiger partial charge in [0.15, 0.2) is 0 Å². The van der Waals surface area contributed by atoms with Crippen LogP contribution in [0.15, 0.2) is 24.3 Å². The molecule has 6 nitrogen and oxygen atoms in total. The van der Waals surface area contributed by atoms with E-state index in [-0.39, 0.29) is 30.1 Å². The number of alkyl halides is 3. The summed E-state index contributed by atoms with van der Waals surface area (Å²) >= 11 is 0. The Morgan fingerprint density at radius 2 is 1.73 bits per heavy atom. The van der Waals surface area contributed by atoms with Gasteiger partial charge in [-0.25, -0.2) is 0 Å². The van der Waals surface area contributed by atoms with E-state index in [1.807, 2.05) is 9.80 Å². The highest BCUT2D eigenvalue weighted by Gasteiger charge is 2.38. The highest BCUT2D eigenvalue weighted by atomic mass is 19.4. The molecule has 2 aliphatic heterocycles. The minimum Gasteiger partial charge on any atom is -0.481 e. The second-order valence-corrected chi connectivity index (χ2v) is 9.63. The van der Waals surface area contributed by atoms with Gasteiger partial charge < -0.3 is 14.9 Å². The topological polar surface area (TPSA) is 64.1 Å². The van der Waals surface area contributed by atoms with Crippen LogP contribution in [-0.4, -0.2) is 72.6 Å². The monoisotopic (exact) mass is 467 g/mol. The number of nitrogens with zero attached hydrogens (tertiary/aromatic N) is 3. The molecule has 2 atom stereocenters. The molecule has 4 rings (SSSR count). The lowest BCUT2D eigenvalue weighted by Crippen LogP contribution is -2.49. The molecule has 1 saturated carbocycles. The maximum absolute atomic E-state index is 13.0. The number of rotatable bonds is 7. The second-order valence-electron chi connectivity index (χ2n) is 9.63. The molecule has 0 bridgehead atoms. The molecule has 33 heavy (non-hydrogen) atoms. The summed E-state index contributed by atoms with van der Waals surface area (Å²) in [6.45, 7) is 4.89. The van der Waals surface area contributed by atoms with E-state index in [2.05, 4.69) is 4.90 Å². The van der Waals surface area contributed by atoms with Gasteiger partial charge in [0.25, 0.3) is 0 Å². The van der Waals surface area contributed by atoms with E-state index in [4.69, 9.17) is 0 Å². The number of amides is 1. The first-order chi connectivity index (χ1) is 15.7. The first kappa shape index (κ1) is 23.9. The molecular weight excluding hydrogens is 435 g/mol. The molecule has 3 aliphatic rings. The van der Waals surface area contributed by atoms with Crippen molar-refractivity contribution in [2.24, 2.45) is 17.8 Å². The Labute approximate surface area is 192 Å². The Bertz CT molecular complexity index is 851. The van der Waals surface area contributed by atoms with Crippen molar-refractivity contribution in [2.45, 2.75) is 38.3 Å². The standard InChI is InChI=1S/C24H32F3N3O3/c25-24(26,27)20-2-1-3-21(15-20)29-12-10-28(11-13-29)8-6-19-16-30(23(33)17-4-5-17)9-7-18(19)14-22(31)32/h1-3,15,17-19H,4-14,16H2,(H,31,32)/t18-,19+/m0/s1. The van der Waals surface area contributed by atoms with E-state index in [0.29, 0.717) is 31.9 Å².